The molecular formula is C16H16N2O3. The minimum absolute atomic E-state index is 0.172. The highest BCUT2D eigenvalue weighted by Gasteiger charge is 2.25. The predicted octanol–water partition coefficient (Wildman–Crippen LogP) is 1.88. The molecule has 0 spiro atoms. The molecule has 3 rings (SSSR count). The van der Waals surface area contributed by atoms with Gasteiger partial charge in [-0.2, -0.15) is 0 Å². The molecule has 0 saturated carbocycles. The smallest absolute Gasteiger partial charge is 0.263 e. The summed E-state index contributed by atoms with van der Waals surface area (Å²) >= 11 is 0. The van der Waals surface area contributed by atoms with E-state index in [4.69, 9.17) is 4.74 Å². The van der Waals surface area contributed by atoms with Gasteiger partial charge in [-0.15, -0.1) is 0 Å². The first kappa shape index (κ1) is 13.3. The van der Waals surface area contributed by atoms with Crippen LogP contribution < -0.4 is 15.4 Å². The SMILES string of the molecule is O=C(NCc1ccccc1O)C1CNc2ccccc2O1. The number of rotatable bonds is 3. The van der Waals surface area contributed by atoms with Gasteiger partial charge < -0.3 is 20.5 Å². The van der Waals surface area contributed by atoms with Crippen LogP contribution in [-0.4, -0.2) is 23.7 Å². The third-order valence-corrected chi connectivity index (χ3v) is 3.37. The van der Waals surface area contributed by atoms with Crippen molar-refractivity contribution >= 4 is 11.6 Å². The van der Waals surface area contributed by atoms with Crippen LogP contribution >= 0.6 is 0 Å². The van der Waals surface area contributed by atoms with Crippen LogP contribution in [0.5, 0.6) is 11.5 Å². The zero-order valence-corrected chi connectivity index (χ0v) is 11.4. The third-order valence-electron chi connectivity index (χ3n) is 3.37. The fourth-order valence-electron chi connectivity index (χ4n) is 2.22. The maximum atomic E-state index is 12.1. The number of carbonyl (C=O) groups is 1. The number of phenols is 1. The Hall–Kier alpha value is -2.69. The Labute approximate surface area is 122 Å². The molecule has 0 radical (unpaired) electrons. The fourth-order valence-corrected chi connectivity index (χ4v) is 2.22. The Morgan fingerprint density at radius 2 is 2.00 bits per heavy atom. The molecule has 1 unspecified atom stereocenters. The number of phenolic OH excluding ortho intramolecular Hbond substituents is 1. The third kappa shape index (κ3) is 2.91. The van der Waals surface area contributed by atoms with Crippen LogP contribution in [0.2, 0.25) is 0 Å². The van der Waals surface area contributed by atoms with E-state index in [1.165, 1.54) is 0 Å². The standard InChI is InChI=1S/C16H16N2O3/c19-13-7-3-1-5-11(13)9-18-16(20)15-10-17-12-6-2-4-8-14(12)21-15/h1-8,15,17,19H,9-10H2,(H,18,20). The van der Waals surface area contributed by atoms with E-state index in [1.807, 2.05) is 30.3 Å². The molecule has 1 heterocycles. The normalized spacial score (nSPS) is 16.3. The molecule has 0 aliphatic carbocycles. The van der Waals surface area contributed by atoms with Crippen LogP contribution in [0.25, 0.3) is 0 Å². The number of fused-ring (bicyclic) bond motifs is 1. The first-order valence-electron chi connectivity index (χ1n) is 6.78. The van der Waals surface area contributed by atoms with E-state index in [0.29, 0.717) is 17.9 Å². The van der Waals surface area contributed by atoms with Gasteiger partial charge in [0.2, 0.25) is 0 Å². The van der Waals surface area contributed by atoms with Gasteiger partial charge in [-0.3, -0.25) is 4.79 Å². The Balaban J connectivity index is 1.61. The van der Waals surface area contributed by atoms with Crippen molar-refractivity contribution in [3.05, 3.63) is 54.1 Å². The van der Waals surface area contributed by atoms with E-state index in [0.717, 1.165) is 5.69 Å². The van der Waals surface area contributed by atoms with Crippen LogP contribution in [-0.2, 0) is 11.3 Å². The lowest BCUT2D eigenvalue weighted by molar-refractivity contribution is -0.127. The summed E-state index contributed by atoms with van der Waals surface area (Å²) in [5, 5.41) is 15.6. The van der Waals surface area contributed by atoms with Crippen LogP contribution in [0.3, 0.4) is 0 Å². The maximum absolute atomic E-state index is 12.1. The monoisotopic (exact) mass is 284 g/mol. The number of hydrogen-bond donors (Lipinski definition) is 3. The van der Waals surface area contributed by atoms with E-state index < -0.39 is 6.10 Å². The number of hydrogen-bond acceptors (Lipinski definition) is 4. The molecule has 0 fully saturated rings. The van der Waals surface area contributed by atoms with Gasteiger partial charge in [0.25, 0.3) is 5.91 Å². The lowest BCUT2D eigenvalue weighted by atomic mass is 10.2. The Morgan fingerprint density at radius 3 is 2.86 bits per heavy atom. The van der Waals surface area contributed by atoms with Gasteiger partial charge in [-0.25, -0.2) is 0 Å². The summed E-state index contributed by atoms with van der Waals surface area (Å²) in [5.41, 5.74) is 1.57. The molecule has 2 aromatic carbocycles. The molecule has 0 saturated heterocycles. The van der Waals surface area contributed by atoms with Crippen molar-refractivity contribution in [1.82, 2.24) is 5.32 Å². The van der Waals surface area contributed by atoms with E-state index in [-0.39, 0.29) is 18.2 Å². The summed E-state index contributed by atoms with van der Waals surface area (Å²) in [5.74, 6) is 0.637. The summed E-state index contributed by atoms with van der Waals surface area (Å²) in [4.78, 5) is 12.1. The molecule has 1 aliphatic rings. The molecule has 1 aliphatic heterocycles. The summed E-state index contributed by atoms with van der Waals surface area (Å²) < 4.78 is 5.68. The highest BCUT2D eigenvalue weighted by atomic mass is 16.5. The highest BCUT2D eigenvalue weighted by molar-refractivity contribution is 5.83. The van der Waals surface area contributed by atoms with E-state index in [1.54, 1.807) is 18.2 Å². The van der Waals surface area contributed by atoms with Gasteiger partial charge in [-0.05, 0) is 18.2 Å². The van der Waals surface area contributed by atoms with Gasteiger partial charge in [0.1, 0.15) is 11.5 Å². The fraction of sp³-hybridized carbons (Fsp3) is 0.188. The number of amides is 1. The van der Waals surface area contributed by atoms with Crippen molar-refractivity contribution in [1.29, 1.82) is 0 Å². The quantitative estimate of drug-likeness (QED) is 0.805. The number of para-hydroxylation sites is 3. The van der Waals surface area contributed by atoms with Gasteiger partial charge in [0.05, 0.1) is 12.2 Å². The van der Waals surface area contributed by atoms with Crippen molar-refractivity contribution in [3.63, 3.8) is 0 Å². The maximum Gasteiger partial charge on any atom is 0.263 e. The molecule has 0 aromatic heterocycles. The van der Waals surface area contributed by atoms with Crippen LogP contribution in [0.1, 0.15) is 5.56 Å². The molecule has 5 nitrogen and oxygen atoms in total. The summed E-state index contributed by atoms with van der Waals surface area (Å²) in [7, 11) is 0. The number of carbonyl (C=O) groups excluding carboxylic acids is 1. The molecule has 3 N–H and O–H groups in total. The Bertz CT molecular complexity index is 657. The lowest BCUT2D eigenvalue weighted by Gasteiger charge is -2.26. The Kier molecular flexibility index (Phi) is 3.64. The van der Waals surface area contributed by atoms with Crippen LogP contribution in [0.15, 0.2) is 48.5 Å². The summed E-state index contributed by atoms with van der Waals surface area (Å²) in [6.45, 7) is 0.691. The van der Waals surface area contributed by atoms with Gasteiger partial charge in [0, 0.05) is 12.1 Å². The first-order chi connectivity index (χ1) is 10.2. The van der Waals surface area contributed by atoms with Crippen molar-refractivity contribution in [3.8, 4) is 11.5 Å². The van der Waals surface area contributed by atoms with Crippen molar-refractivity contribution in [2.24, 2.45) is 0 Å². The van der Waals surface area contributed by atoms with Crippen LogP contribution in [0, 0.1) is 0 Å². The van der Waals surface area contributed by atoms with Gasteiger partial charge in [0.15, 0.2) is 6.10 Å². The number of benzene rings is 2. The average Bonchev–Trinajstić information content (AvgIpc) is 2.53. The molecular weight excluding hydrogens is 268 g/mol. The summed E-state index contributed by atoms with van der Waals surface area (Å²) in [6.07, 6.45) is -0.578. The zero-order valence-electron chi connectivity index (χ0n) is 11.4. The van der Waals surface area contributed by atoms with Crippen molar-refractivity contribution < 1.29 is 14.6 Å². The topological polar surface area (TPSA) is 70.6 Å². The number of aromatic hydroxyl groups is 1. The molecule has 5 heteroatoms. The molecule has 21 heavy (non-hydrogen) atoms. The second-order valence-corrected chi connectivity index (χ2v) is 4.83. The van der Waals surface area contributed by atoms with Crippen molar-refractivity contribution in [2.45, 2.75) is 12.6 Å². The van der Waals surface area contributed by atoms with Crippen molar-refractivity contribution in [2.75, 3.05) is 11.9 Å². The molecule has 1 atom stereocenters. The van der Waals surface area contributed by atoms with Crippen LogP contribution in [0.4, 0.5) is 5.69 Å². The minimum Gasteiger partial charge on any atom is -0.508 e. The predicted molar refractivity (Wildman–Crippen MR) is 79.3 cm³/mol. The molecule has 2 aromatic rings. The van der Waals surface area contributed by atoms with E-state index in [9.17, 15) is 9.90 Å². The average molecular weight is 284 g/mol. The lowest BCUT2D eigenvalue weighted by Crippen LogP contribution is -2.44. The first-order valence-corrected chi connectivity index (χ1v) is 6.78. The number of nitrogens with one attached hydrogen (secondary N) is 2. The molecule has 108 valence electrons. The summed E-state index contributed by atoms with van der Waals surface area (Å²) in [6, 6.07) is 14.4. The van der Waals surface area contributed by atoms with E-state index >= 15 is 0 Å². The number of anilines is 1. The highest BCUT2D eigenvalue weighted by Crippen LogP contribution is 2.28. The minimum atomic E-state index is -0.578. The van der Waals surface area contributed by atoms with Gasteiger partial charge >= 0.3 is 0 Å². The largest absolute Gasteiger partial charge is 0.508 e. The molecule has 0 bridgehead atoms. The number of ether oxygens (including phenoxy) is 1. The second kappa shape index (κ2) is 5.75. The second-order valence-electron chi connectivity index (χ2n) is 4.83. The van der Waals surface area contributed by atoms with Gasteiger partial charge in [-0.1, -0.05) is 30.3 Å². The molecule has 1 amide bonds. The zero-order chi connectivity index (χ0) is 14.7. The Morgan fingerprint density at radius 1 is 1.24 bits per heavy atom. The van der Waals surface area contributed by atoms with E-state index in [2.05, 4.69) is 10.6 Å².